The molecule has 2 rings (SSSR count). The van der Waals surface area contributed by atoms with Crippen molar-refractivity contribution in [1.29, 1.82) is 0 Å². The van der Waals surface area contributed by atoms with E-state index in [-0.39, 0.29) is 23.1 Å². The second kappa shape index (κ2) is 9.17. The summed E-state index contributed by atoms with van der Waals surface area (Å²) < 4.78 is 32.7. The van der Waals surface area contributed by atoms with E-state index in [4.69, 9.17) is 4.74 Å². The number of hydrogen-bond acceptors (Lipinski definition) is 5. The quantitative estimate of drug-likeness (QED) is 0.547. The van der Waals surface area contributed by atoms with Gasteiger partial charge in [0.2, 0.25) is 10.0 Å². The van der Waals surface area contributed by atoms with Gasteiger partial charge in [0.05, 0.1) is 16.6 Å². The molecule has 1 fully saturated rings. The van der Waals surface area contributed by atoms with E-state index in [0.717, 1.165) is 32.1 Å². The fourth-order valence-electron chi connectivity index (χ4n) is 2.71. The molecule has 140 valence electrons. The van der Waals surface area contributed by atoms with Gasteiger partial charge in [0.1, 0.15) is 0 Å². The third kappa shape index (κ3) is 5.69. The Morgan fingerprint density at radius 3 is 2.80 bits per heavy atom. The first-order valence-corrected chi connectivity index (χ1v) is 10.1. The Balaban J connectivity index is 2.09. The topological polar surface area (TPSA) is 105 Å². The van der Waals surface area contributed by atoms with Gasteiger partial charge in [0.15, 0.2) is 0 Å². The number of nitrogens with one attached hydrogen (secondary N) is 2. The molecule has 8 heteroatoms. The van der Waals surface area contributed by atoms with E-state index < -0.39 is 16.0 Å². The summed E-state index contributed by atoms with van der Waals surface area (Å²) in [5.74, 6) is -1.16. The Bertz CT molecular complexity index is 684. The number of unbranched alkanes of at least 4 members (excludes halogenated alkanes) is 2. The molecule has 1 atom stereocenters. The summed E-state index contributed by atoms with van der Waals surface area (Å²) in [4.78, 5) is 11.4. The number of sulfonamides is 1. The summed E-state index contributed by atoms with van der Waals surface area (Å²) in [5.41, 5.74) is 0.387. The highest BCUT2D eigenvalue weighted by molar-refractivity contribution is 7.89. The molecule has 1 aliphatic rings. The SMILES string of the molecule is CCCCCNc1ccc(S(=O)(=O)NC[C@H]2CCCO2)cc1C(=O)O. The fraction of sp³-hybridized carbons (Fsp3) is 0.588. The Morgan fingerprint density at radius 1 is 1.36 bits per heavy atom. The minimum Gasteiger partial charge on any atom is -0.478 e. The number of carbonyl (C=O) groups is 1. The monoisotopic (exact) mass is 370 g/mol. The zero-order valence-corrected chi connectivity index (χ0v) is 15.3. The average molecular weight is 370 g/mol. The number of ether oxygens (including phenoxy) is 1. The number of anilines is 1. The first kappa shape index (κ1) is 19.7. The van der Waals surface area contributed by atoms with E-state index in [1.807, 2.05) is 0 Å². The van der Waals surface area contributed by atoms with E-state index in [1.165, 1.54) is 18.2 Å². The molecular formula is C17H26N2O5S. The van der Waals surface area contributed by atoms with Crippen molar-refractivity contribution in [2.75, 3.05) is 25.0 Å². The first-order valence-electron chi connectivity index (χ1n) is 8.66. The zero-order valence-electron chi connectivity index (χ0n) is 14.5. The number of aromatic carboxylic acids is 1. The van der Waals surface area contributed by atoms with Crippen molar-refractivity contribution in [3.63, 3.8) is 0 Å². The number of hydrogen-bond donors (Lipinski definition) is 3. The highest BCUT2D eigenvalue weighted by Crippen LogP contribution is 2.21. The third-order valence-corrected chi connectivity index (χ3v) is 5.57. The maximum atomic E-state index is 12.4. The molecule has 25 heavy (non-hydrogen) atoms. The maximum Gasteiger partial charge on any atom is 0.337 e. The molecule has 1 aromatic carbocycles. The molecule has 1 saturated heterocycles. The van der Waals surface area contributed by atoms with E-state index in [1.54, 1.807) is 0 Å². The van der Waals surface area contributed by atoms with E-state index in [2.05, 4.69) is 17.0 Å². The van der Waals surface area contributed by atoms with Crippen LogP contribution < -0.4 is 10.0 Å². The Morgan fingerprint density at radius 2 is 2.16 bits per heavy atom. The largest absolute Gasteiger partial charge is 0.478 e. The molecule has 0 radical (unpaired) electrons. The van der Waals surface area contributed by atoms with Crippen LogP contribution >= 0.6 is 0 Å². The van der Waals surface area contributed by atoms with Gasteiger partial charge in [-0.1, -0.05) is 19.8 Å². The van der Waals surface area contributed by atoms with Gasteiger partial charge in [-0.3, -0.25) is 0 Å². The van der Waals surface area contributed by atoms with E-state index in [0.29, 0.717) is 18.8 Å². The Kier molecular flexibility index (Phi) is 7.22. The Labute approximate surface area is 148 Å². The molecular weight excluding hydrogens is 344 g/mol. The molecule has 0 aromatic heterocycles. The van der Waals surface area contributed by atoms with Crippen LogP contribution in [0.1, 0.15) is 49.4 Å². The Hall–Kier alpha value is -1.64. The molecule has 0 unspecified atom stereocenters. The van der Waals surface area contributed by atoms with Gasteiger partial charge in [-0.05, 0) is 37.5 Å². The van der Waals surface area contributed by atoms with Gasteiger partial charge >= 0.3 is 5.97 Å². The van der Waals surface area contributed by atoms with Crippen LogP contribution in [0.4, 0.5) is 5.69 Å². The number of carboxylic acid groups (broad SMARTS) is 1. The molecule has 1 aliphatic heterocycles. The number of benzene rings is 1. The predicted molar refractivity (Wildman–Crippen MR) is 95.6 cm³/mol. The van der Waals surface area contributed by atoms with Gasteiger partial charge in [-0.15, -0.1) is 0 Å². The highest BCUT2D eigenvalue weighted by atomic mass is 32.2. The molecule has 0 bridgehead atoms. The van der Waals surface area contributed by atoms with Crippen LogP contribution in [0.15, 0.2) is 23.1 Å². The summed E-state index contributed by atoms with van der Waals surface area (Å²) >= 11 is 0. The van der Waals surface area contributed by atoms with E-state index in [9.17, 15) is 18.3 Å². The van der Waals surface area contributed by atoms with E-state index >= 15 is 0 Å². The summed E-state index contributed by atoms with van der Waals surface area (Å²) in [6.07, 6.45) is 4.68. The van der Waals surface area contributed by atoms with Crippen molar-refractivity contribution >= 4 is 21.7 Å². The van der Waals surface area contributed by atoms with Crippen LogP contribution in [-0.2, 0) is 14.8 Å². The average Bonchev–Trinajstić information content (AvgIpc) is 3.10. The molecule has 1 aromatic rings. The molecule has 0 spiro atoms. The highest BCUT2D eigenvalue weighted by Gasteiger charge is 2.22. The van der Waals surface area contributed by atoms with Crippen molar-refractivity contribution in [2.45, 2.75) is 50.0 Å². The molecule has 3 N–H and O–H groups in total. The molecule has 1 heterocycles. The molecule has 7 nitrogen and oxygen atoms in total. The normalized spacial score (nSPS) is 17.6. The summed E-state index contributed by atoms with van der Waals surface area (Å²) in [7, 11) is -3.77. The standard InChI is InChI=1S/C17H26N2O5S/c1-2-3-4-9-18-16-8-7-14(11-15(16)17(20)21)25(22,23)19-12-13-6-5-10-24-13/h7-8,11,13,18-19H,2-6,9-10,12H2,1H3,(H,20,21)/t13-/m1/s1. The fourth-order valence-corrected chi connectivity index (χ4v) is 3.80. The van der Waals surface area contributed by atoms with Crippen LogP contribution in [0, 0.1) is 0 Å². The van der Waals surface area contributed by atoms with Crippen LogP contribution in [0.3, 0.4) is 0 Å². The lowest BCUT2D eigenvalue weighted by molar-refractivity contribution is 0.0697. The van der Waals surface area contributed by atoms with Crippen molar-refractivity contribution < 1.29 is 23.1 Å². The van der Waals surface area contributed by atoms with Crippen molar-refractivity contribution in [3.8, 4) is 0 Å². The van der Waals surface area contributed by atoms with Gasteiger partial charge < -0.3 is 15.2 Å². The number of carboxylic acids is 1. The maximum absolute atomic E-state index is 12.4. The van der Waals surface area contributed by atoms with Crippen LogP contribution in [0.2, 0.25) is 0 Å². The van der Waals surface area contributed by atoms with Crippen LogP contribution in [0.5, 0.6) is 0 Å². The van der Waals surface area contributed by atoms with Gasteiger partial charge in [-0.2, -0.15) is 0 Å². The molecule has 0 aliphatic carbocycles. The van der Waals surface area contributed by atoms with Crippen LogP contribution in [0.25, 0.3) is 0 Å². The van der Waals surface area contributed by atoms with Crippen molar-refractivity contribution in [2.24, 2.45) is 0 Å². The lowest BCUT2D eigenvalue weighted by Gasteiger charge is -2.14. The minimum atomic E-state index is -3.77. The summed E-state index contributed by atoms with van der Waals surface area (Å²) in [5, 5.41) is 12.5. The summed E-state index contributed by atoms with van der Waals surface area (Å²) in [6.45, 7) is 3.58. The lowest BCUT2D eigenvalue weighted by atomic mass is 10.1. The predicted octanol–water partition coefficient (Wildman–Crippen LogP) is 2.44. The minimum absolute atomic E-state index is 0.0449. The molecule has 0 amide bonds. The first-order chi connectivity index (χ1) is 11.9. The van der Waals surface area contributed by atoms with Gasteiger partial charge in [0, 0.05) is 25.4 Å². The lowest BCUT2D eigenvalue weighted by Crippen LogP contribution is -2.32. The van der Waals surface area contributed by atoms with Crippen molar-refractivity contribution in [1.82, 2.24) is 4.72 Å². The second-order valence-corrected chi connectivity index (χ2v) is 7.90. The van der Waals surface area contributed by atoms with Gasteiger partial charge in [0.25, 0.3) is 0 Å². The smallest absolute Gasteiger partial charge is 0.337 e. The summed E-state index contributed by atoms with van der Waals surface area (Å²) in [6, 6.07) is 4.13. The second-order valence-electron chi connectivity index (χ2n) is 6.13. The van der Waals surface area contributed by atoms with Crippen LogP contribution in [-0.4, -0.2) is 45.3 Å². The zero-order chi connectivity index (χ0) is 18.3. The van der Waals surface area contributed by atoms with Gasteiger partial charge in [-0.25, -0.2) is 17.9 Å². The van der Waals surface area contributed by atoms with Crippen molar-refractivity contribution in [3.05, 3.63) is 23.8 Å². The third-order valence-electron chi connectivity index (χ3n) is 4.15. The number of rotatable bonds is 10. The molecule has 0 saturated carbocycles.